The second-order valence-corrected chi connectivity index (χ2v) is 5.90. The average molecular weight is 334 g/mol. The molecule has 0 saturated heterocycles. The third-order valence-electron chi connectivity index (χ3n) is 3.21. The number of hydrogen-bond donors (Lipinski definition) is 1. The zero-order valence-corrected chi connectivity index (χ0v) is 12.9. The molecular formula is C16H12F2N2O2S. The first-order valence-electron chi connectivity index (χ1n) is 6.78. The molecule has 2 heterocycles. The Balaban J connectivity index is 1.72. The van der Waals surface area contributed by atoms with Crippen LogP contribution in [0.5, 0.6) is 0 Å². The molecule has 0 radical (unpaired) electrons. The van der Waals surface area contributed by atoms with Gasteiger partial charge in [-0.25, -0.2) is 13.8 Å². The average Bonchev–Trinajstić information content (AvgIpc) is 3.14. The van der Waals surface area contributed by atoms with E-state index in [1.165, 1.54) is 11.3 Å². The lowest BCUT2D eigenvalue weighted by molar-refractivity contribution is 0.0947. The molecule has 0 spiro atoms. The van der Waals surface area contributed by atoms with Gasteiger partial charge in [-0.15, -0.1) is 11.3 Å². The maximum Gasteiger partial charge on any atom is 0.254 e. The maximum atomic E-state index is 13.6. The van der Waals surface area contributed by atoms with Crippen molar-refractivity contribution in [1.82, 2.24) is 10.3 Å². The molecule has 4 nitrogen and oxygen atoms in total. The molecule has 1 aromatic carbocycles. The van der Waals surface area contributed by atoms with E-state index in [2.05, 4.69) is 10.3 Å². The maximum absolute atomic E-state index is 13.6. The third-order valence-corrected chi connectivity index (χ3v) is 4.38. The van der Waals surface area contributed by atoms with E-state index in [9.17, 15) is 13.6 Å². The fourth-order valence-electron chi connectivity index (χ4n) is 2.03. The Bertz CT molecular complexity index is 844. The van der Waals surface area contributed by atoms with Crippen LogP contribution in [0.25, 0.3) is 10.8 Å². The van der Waals surface area contributed by atoms with Crippen LogP contribution in [0, 0.1) is 18.6 Å². The van der Waals surface area contributed by atoms with Crippen molar-refractivity contribution in [2.75, 3.05) is 0 Å². The number of hydrogen-bond acceptors (Lipinski definition) is 4. The number of aromatic nitrogens is 1. The molecule has 0 aliphatic carbocycles. The molecule has 118 valence electrons. The molecule has 2 aromatic heterocycles. The molecule has 1 N–H and O–H groups in total. The third kappa shape index (κ3) is 3.29. The Hall–Kier alpha value is -2.54. The van der Waals surface area contributed by atoms with E-state index in [0.29, 0.717) is 16.8 Å². The summed E-state index contributed by atoms with van der Waals surface area (Å²) < 4.78 is 31.7. The van der Waals surface area contributed by atoms with Gasteiger partial charge in [-0.3, -0.25) is 4.79 Å². The first-order valence-corrected chi connectivity index (χ1v) is 7.59. The number of furan rings is 1. The Kier molecular flexibility index (Phi) is 4.20. The van der Waals surface area contributed by atoms with Gasteiger partial charge in [0, 0.05) is 10.9 Å². The molecule has 3 rings (SSSR count). The van der Waals surface area contributed by atoms with Crippen LogP contribution in [0.2, 0.25) is 0 Å². The molecule has 3 aromatic rings. The largest absolute Gasteiger partial charge is 0.462 e. The number of nitrogens with zero attached hydrogens (tertiary/aromatic N) is 1. The summed E-state index contributed by atoms with van der Waals surface area (Å²) in [5, 5.41) is 3.33. The summed E-state index contributed by atoms with van der Waals surface area (Å²) >= 11 is 1.39. The molecule has 0 aliphatic heterocycles. The first-order chi connectivity index (χ1) is 11.0. The van der Waals surface area contributed by atoms with Crippen LogP contribution < -0.4 is 5.32 Å². The normalized spacial score (nSPS) is 10.7. The lowest BCUT2D eigenvalue weighted by Gasteiger charge is -2.05. The van der Waals surface area contributed by atoms with Gasteiger partial charge in [0.25, 0.3) is 5.91 Å². The van der Waals surface area contributed by atoms with Crippen molar-refractivity contribution in [2.24, 2.45) is 0 Å². The van der Waals surface area contributed by atoms with E-state index in [4.69, 9.17) is 4.42 Å². The zero-order chi connectivity index (χ0) is 16.4. The highest BCUT2D eigenvalue weighted by Crippen LogP contribution is 2.28. The van der Waals surface area contributed by atoms with Gasteiger partial charge in [-0.1, -0.05) is 0 Å². The van der Waals surface area contributed by atoms with Crippen LogP contribution in [0.4, 0.5) is 8.78 Å². The Morgan fingerprint density at radius 2 is 2.17 bits per heavy atom. The van der Waals surface area contributed by atoms with Crippen molar-refractivity contribution >= 4 is 17.2 Å². The quantitative estimate of drug-likeness (QED) is 0.787. The smallest absolute Gasteiger partial charge is 0.254 e. The highest BCUT2D eigenvalue weighted by molar-refractivity contribution is 7.15. The van der Waals surface area contributed by atoms with Crippen molar-refractivity contribution in [3.05, 3.63) is 64.4 Å². The number of benzene rings is 1. The number of carbonyl (C=O) groups is 1. The van der Waals surface area contributed by atoms with Gasteiger partial charge in [-0.05, 0) is 31.2 Å². The first kappa shape index (κ1) is 15.4. The summed E-state index contributed by atoms with van der Waals surface area (Å²) in [6.45, 7) is 2.03. The highest BCUT2D eigenvalue weighted by Gasteiger charge is 2.15. The number of carbonyl (C=O) groups excluding carboxylic acids is 1. The molecule has 1 amide bonds. The number of halogens is 2. The SMILES string of the molecule is Cc1nc(-c2ccco2)sc1CNC(=O)c1ccc(F)cc1F. The molecule has 0 aliphatic rings. The number of nitrogens with one attached hydrogen (secondary N) is 1. The topological polar surface area (TPSA) is 55.1 Å². The Morgan fingerprint density at radius 1 is 1.35 bits per heavy atom. The van der Waals surface area contributed by atoms with Gasteiger partial charge < -0.3 is 9.73 Å². The lowest BCUT2D eigenvalue weighted by Crippen LogP contribution is -2.23. The van der Waals surface area contributed by atoms with Crippen LogP contribution in [0.1, 0.15) is 20.9 Å². The molecule has 7 heteroatoms. The van der Waals surface area contributed by atoms with Crippen LogP contribution in [-0.4, -0.2) is 10.9 Å². The lowest BCUT2D eigenvalue weighted by atomic mass is 10.2. The summed E-state index contributed by atoms with van der Waals surface area (Å²) in [4.78, 5) is 17.2. The molecule has 0 saturated carbocycles. The fraction of sp³-hybridized carbons (Fsp3) is 0.125. The fourth-order valence-corrected chi connectivity index (χ4v) is 3.00. The molecular weight excluding hydrogens is 322 g/mol. The van der Waals surface area contributed by atoms with E-state index in [-0.39, 0.29) is 12.1 Å². The number of amides is 1. The van der Waals surface area contributed by atoms with Gasteiger partial charge in [-0.2, -0.15) is 0 Å². The summed E-state index contributed by atoms with van der Waals surface area (Å²) in [5.41, 5.74) is 0.570. The molecule has 0 unspecified atom stereocenters. The van der Waals surface area contributed by atoms with E-state index in [1.807, 2.05) is 6.92 Å². The van der Waals surface area contributed by atoms with E-state index in [0.717, 1.165) is 22.7 Å². The minimum absolute atomic E-state index is 0.195. The highest BCUT2D eigenvalue weighted by atomic mass is 32.1. The molecule has 0 bridgehead atoms. The second-order valence-electron chi connectivity index (χ2n) is 4.81. The van der Waals surface area contributed by atoms with Crippen molar-refractivity contribution in [1.29, 1.82) is 0 Å². The van der Waals surface area contributed by atoms with Crippen LogP contribution in [-0.2, 0) is 6.54 Å². The van der Waals surface area contributed by atoms with Gasteiger partial charge in [0.1, 0.15) is 11.6 Å². The van der Waals surface area contributed by atoms with Crippen molar-refractivity contribution in [3.63, 3.8) is 0 Å². The van der Waals surface area contributed by atoms with Gasteiger partial charge in [0.2, 0.25) is 0 Å². The van der Waals surface area contributed by atoms with Crippen molar-refractivity contribution in [3.8, 4) is 10.8 Å². The van der Waals surface area contributed by atoms with Gasteiger partial charge in [0.05, 0.1) is 24.1 Å². The Labute approximate surface area is 134 Å². The van der Waals surface area contributed by atoms with E-state index >= 15 is 0 Å². The van der Waals surface area contributed by atoms with Crippen LogP contribution >= 0.6 is 11.3 Å². The minimum atomic E-state index is -0.889. The van der Waals surface area contributed by atoms with Gasteiger partial charge >= 0.3 is 0 Å². The second kappa shape index (κ2) is 6.29. The predicted molar refractivity (Wildman–Crippen MR) is 82.1 cm³/mol. The molecule has 0 fully saturated rings. The van der Waals surface area contributed by atoms with Crippen molar-refractivity contribution < 1.29 is 18.0 Å². The Morgan fingerprint density at radius 3 is 2.87 bits per heavy atom. The standard InChI is InChI=1S/C16H12F2N2O2S/c1-9-14(23-16(20-9)13-3-2-6-22-13)8-19-15(21)11-5-4-10(17)7-12(11)18/h2-7H,8H2,1H3,(H,19,21). The van der Waals surface area contributed by atoms with Crippen molar-refractivity contribution in [2.45, 2.75) is 13.5 Å². The van der Waals surface area contributed by atoms with E-state index in [1.54, 1.807) is 18.4 Å². The summed E-state index contributed by atoms with van der Waals surface area (Å²) in [6.07, 6.45) is 1.56. The minimum Gasteiger partial charge on any atom is -0.462 e. The van der Waals surface area contributed by atoms with Gasteiger partial charge in [0.15, 0.2) is 10.8 Å². The number of rotatable bonds is 4. The summed E-state index contributed by atoms with van der Waals surface area (Å²) in [5.74, 6) is -1.56. The monoisotopic (exact) mass is 334 g/mol. The number of aryl methyl sites for hydroxylation is 1. The predicted octanol–water partition coefficient (Wildman–Crippen LogP) is 3.92. The van der Waals surface area contributed by atoms with E-state index < -0.39 is 17.5 Å². The molecule has 23 heavy (non-hydrogen) atoms. The number of thiazole rings is 1. The summed E-state index contributed by atoms with van der Waals surface area (Å²) in [7, 11) is 0. The zero-order valence-electron chi connectivity index (χ0n) is 12.1. The summed E-state index contributed by atoms with van der Waals surface area (Å²) in [6, 6.07) is 6.42. The van der Waals surface area contributed by atoms with Crippen LogP contribution in [0.15, 0.2) is 41.0 Å². The molecule has 0 atom stereocenters. The van der Waals surface area contributed by atoms with Crippen LogP contribution in [0.3, 0.4) is 0 Å².